The van der Waals surface area contributed by atoms with E-state index in [0.29, 0.717) is 0 Å². The van der Waals surface area contributed by atoms with Crippen molar-refractivity contribution in [2.75, 3.05) is 11.8 Å². The van der Waals surface area contributed by atoms with Crippen molar-refractivity contribution in [1.29, 1.82) is 0 Å². The van der Waals surface area contributed by atoms with Crippen LogP contribution in [0.25, 0.3) is 0 Å². The lowest BCUT2D eigenvalue weighted by molar-refractivity contribution is 0.600. The predicted octanol–water partition coefficient (Wildman–Crippen LogP) is 1.14. The maximum atomic E-state index is 12.0. The highest BCUT2D eigenvalue weighted by Crippen LogP contribution is 2.11. The minimum Gasteiger partial charge on any atom is -0.316 e. The van der Waals surface area contributed by atoms with Gasteiger partial charge >= 0.3 is 0 Å². The molecule has 106 valence electrons. The Balaban J connectivity index is 2.04. The van der Waals surface area contributed by atoms with Gasteiger partial charge in [0, 0.05) is 12.7 Å². The summed E-state index contributed by atoms with van der Waals surface area (Å²) in [5.74, 6) is 0.128. The maximum absolute atomic E-state index is 12.0. The normalized spacial score (nSPS) is 11.2. The highest BCUT2D eigenvalue weighted by atomic mass is 32.2. The van der Waals surface area contributed by atoms with Crippen molar-refractivity contribution in [3.63, 3.8) is 0 Å². The fraction of sp³-hybridized carbons (Fsp3) is 0.231. The van der Waals surface area contributed by atoms with E-state index in [0.717, 1.165) is 17.7 Å². The highest BCUT2D eigenvalue weighted by molar-refractivity contribution is 7.91. The Hall–Kier alpha value is -1.99. The number of benzene rings is 1. The monoisotopic (exact) mass is 292 g/mol. The zero-order valence-corrected chi connectivity index (χ0v) is 11.9. The van der Waals surface area contributed by atoms with Gasteiger partial charge in [-0.15, -0.1) is 5.10 Å². The van der Waals surface area contributed by atoms with Crippen molar-refractivity contribution >= 4 is 15.8 Å². The number of hydrogen-bond acceptors (Lipinski definition) is 5. The zero-order chi connectivity index (χ0) is 14.4. The number of aromatic nitrogens is 2. The molecule has 0 unspecified atom stereocenters. The molecular formula is C13H16N4O2S. The summed E-state index contributed by atoms with van der Waals surface area (Å²) in [5.41, 5.74) is 1.83. The molecule has 6 nitrogen and oxygen atoms in total. The van der Waals surface area contributed by atoms with Crippen LogP contribution >= 0.6 is 0 Å². The third-order valence-electron chi connectivity index (χ3n) is 2.59. The van der Waals surface area contributed by atoms with Crippen LogP contribution in [0, 0.1) is 0 Å². The van der Waals surface area contributed by atoms with E-state index >= 15 is 0 Å². The number of nitrogens with zero attached hydrogens (tertiary/aromatic N) is 2. The fourth-order valence-corrected chi connectivity index (χ4v) is 2.86. The summed E-state index contributed by atoms with van der Waals surface area (Å²) in [7, 11) is -1.62. The molecule has 0 amide bonds. The minimum atomic E-state index is -3.48. The summed E-state index contributed by atoms with van der Waals surface area (Å²) in [6.45, 7) is 0.755. The lowest BCUT2D eigenvalue weighted by atomic mass is 10.1. The lowest BCUT2D eigenvalue weighted by Gasteiger charge is -2.07. The van der Waals surface area contributed by atoms with E-state index in [9.17, 15) is 8.42 Å². The molecule has 0 saturated carbocycles. The summed E-state index contributed by atoms with van der Waals surface area (Å²) < 4.78 is 26.4. The third kappa shape index (κ3) is 4.29. The van der Waals surface area contributed by atoms with Gasteiger partial charge in [-0.05, 0) is 30.3 Å². The van der Waals surface area contributed by atoms with E-state index in [4.69, 9.17) is 0 Å². The molecule has 0 aliphatic rings. The van der Waals surface area contributed by atoms with Gasteiger partial charge in [-0.2, -0.15) is 5.10 Å². The number of hydrogen-bond donors (Lipinski definition) is 2. The molecule has 1 aromatic heterocycles. The van der Waals surface area contributed by atoms with Crippen molar-refractivity contribution in [3.05, 3.63) is 53.7 Å². The Kier molecular flexibility index (Phi) is 4.65. The van der Waals surface area contributed by atoms with Gasteiger partial charge in [0.05, 0.1) is 5.75 Å². The van der Waals surface area contributed by atoms with Crippen LogP contribution in [0.4, 0.5) is 5.82 Å². The first-order valence-corrected chi connectivity index (χ1v) is 7.75. The summed E-state index contributed by atoms with van der Waals surface area (Å²) >= 11 is 0. The summed E-state index contributed by atoms with van der Waals surface area (Å²) in [4.78, 5) is 0. The molecule has 0 spiro atoms. The Bertz CT molecular complexity index is 642. The van der Waals surface area contributed by atoms with E-state index in [1.165, 1.54) is 6.20 Å². The van der Waals surface area contributed by atoms with Crippen LogP contribution in [-0.4, -0.2) is 25.7 Å². The standard InChI is InChI=1S/C13H16N4O2S/c1-14-9-11-4-6-12(7-5-11)10-20(18,19)17-13-3-2-8-15-16-13/h2-8,14H,9-10H2,1H3,(H,16,17). The van der Waals surface area contributed by atoms with Crippen molar-refractivity contribution in [2.45, 2.75) is 12.3 Å². The van der Waals surface area contributed by atoms with E-state index < -0.39 is 10.0 Å². The first-order valence-electron chi connectivity index (χ1n) is 6.10. The average Bonchev–Trinajstić information content (AvgIpc) is 2.41. The highest BCUT2D eigenvalue weighted by Gasteiger charge is 2.12. The second-order valence-corrected chi connectivity index (χ2v) is 6.04. The summed E-state index contributed by atoms with van der Waals surface area (Å²) in [5, 5.41) is 10.4. The Morgan fingerprint density at radius 3 is 2.40 bits per heavy atom. The Morgan fingerprint density at radius 2 is 1.80 bits per heavy atom. The molecule has 1 heterocycles. The molecule has 0 aliphatic heterocycles. The van der Waals surface area contributed by atoms with Gasteiger partial charge in [-0.25, -0.2) is 8.42 Å². The van der Waals surface area contributed by atoms with Gasteiger partial charge in [0.1, 0.15) is 0 Å². The molecule has 0 saturated heterocycles. The van der Waals surface area contributed by atoms with Crippen LogP contribution in [-0.2, 0) is 22.3 Å². The quantitative estimate of drug-likeness (QED) is 0.834. The minimum absolute atomic E-state index is 0.0938. The molecule has 20 heavy (non-hydrogen) atoms. The number of nitrogens with one attached hydrogen (secondary N) is 2. The molecular weight excluding hydrogens is 276 g/mol. The Labute approximate surface area is 118 Å². The molecule has 0 fully saturated rings. The molecule has 0 bridgehead atoms. The fourth-order valence-electron chi connectivity index (χ4n) is 1.73. The summed E-state index contributed by atoms with van der Waals surface area (Å²) in [6.07, 6.45) is 1.48. The van der Waals surface area contributed by atoms with Gasteiger partial charge in [0.15, 0.2) is 5.82 Å². The number of sulfonamides is 1. The van der Waals surface area contributed by atoms with E-state index in [-0.39, 0.29) is 11.6 Å². The first kappa shape index (κ1) is 14.4. The van der Waals surface area contributed by atoms with Crippen molar-refractivity contribution < 1.29 is 8.42 Å². The van der Waals surface area contributed by atoms with E-state index in [1.807, 2.05) is 31.3 Å². The molecule has 7 heteroatoms. The van der Waals surface area contributed by atoms with E-state index in [1.54, 1.807) is 12.1 Å². The molecule has 2 N–H and O–H groups in total. The molecule has 0 atom stereocenters. The zero-order valence-electron chi connectivity index (χ0n) is 11.1. The van der Waals surface area contributed by atoms with E-state index in [2.05, 4.69) is 20.2 Å². The van der Waals surface area contributed by atoms with Gasteiger partial charge in [-0.1, -0.05) is 24.3 Å². The SMILES string of the molecule is CNCc1ccc(CS(=O)(=O)Nc2cccnn2)cc1. The van der Waals surface area contributed by atoms with Gasteiger partial charge in [-0.3, -0.25) is 4.72 Å². The molecule has 2 aromatic rings. The smallest absolute Gasteiger partial charge is 0.238 e. The van der Waals surface area contributed by atoms with Crippen LogP contribution < -0.4 is 10.0 Å². The number of rotatable bonds is 6. The topological polar surface area (TPSA) is 84.0 Å². The van der Waals surface area contributed by atoms with Crippen molar-refractivity contribution in [3.8, 4) is 0 Å². The predicted molar refractivity (Wildman–Crippen MR) is 77.5 cm³/mol. The molecule has 0 radical (unpaired) electrons. The molecule has 1 aromatic carbocycles. The third-order valence-corrected chi connectivity index (χ3v) is 3.83. The second kappa shape index (κ2) is 6.44. The lowest BCUT2D eigenvalue weighted by Crippen LogP contribution is -2.16. The molecule has 0 aliphatic carbocycles. The van der Waals surface area contributed by atoms with Crippen LogP contribution in [0.3, 0.4) is 0 Å². The van der Waals surface area contributed by atoms with Gasteiger partial charge in [0.25, 0.3) is 0 Å². The maximum Gasteiger partial charge on any atom is 0.238 e. The number of anilines is 1. The van der Waals surface area contributed by atoms with Gasteiger partial charge in [0.2, 0.25) is 10.0 Å². The largest absolute Gasteiger partial charge is 0.316 e. The van der Waals surface area contributed by atoms with Crippen molar-refractivity contribution in [1.82, 2.24) is 15.5 Å². The summed E-state index contributed by atoms with van der Waals surface area (Å²) in [6, 6.07) is 10.6. The van der Waals surface area contributed by atoms with Crippen molar-refractivity contribution in [2.24, 2.45) is 0 Å². The first-order chi connectivity index (χ1) is 9.59. The second-order valence-electron chi connectivity index (χ2n) is 4.32. The van der Waals surface area contributed by atoms with Crippen LogP contribution in [0.2, 0.25) is 0 Å². The average molecular weight is 292 g/mol. The van der Waals surface area contributed by atoms with Gasteiger partial charge < -0.3 is 5.32 Å². The van der Waals surface area contributed by atoms with Crippen LogP contribution in [0.15, 0.2) is 42.6 Å². The van der Waals surface area contributed by atoms with Crippen LogP contribution in [0.5, 0.6) is 0 Å². The Morgan fingerprint density at radius 1 is 1.10 bits per heavy atom. The van der Waals surface area contributed by atoms with Crippen LogP contribution in [0.1, 0.15) is 11.1 Å². The molecule has 2 rings (SSSR count).